The highest BCUT2D eigenvalue weighted by Crippen LogP contribution is 2.18. The minimum absolute atomic E-state index is 0.0915. The van der Waals surface area contributed by atoms with Gasteiger partial charge in [0, 0.05) is 5.39 Å². The van der Waals surface area contributed by atoms with E-state index in [2.05, 4.69) is 6.58 Å². The zero-order chi connectivity index (χ0) is 11.5. The number of fused-ring (bicyclic) bond motifs is 1. The number of methoxy groups -OCH3 is 1. The molecule has 2 aromatic carbocycles. The zero-order valence-electron chi connectivity index (χ0n) is 9.07. The van der Waals surface area contributed by atoms with Gasteiger partial charge in [-0.1, -0.05) is 43.0 Å². The second kappa shape index (κ2) is 4.19. The van der Waals surface area contributed by atoms with Crippen LogP contribution in [0.1, 0.15) is 5.56 Å². The van der Waals surface area contributed by atoms with Crippen molar-refractivity contribution in [2.75, 3.05) is 7.11 Å². The Hall–Kier alpha value is -2.09. The van der Waals surface area contributed by atoms with Crippen LogP contribution in [0.3, 0.4) is 0 Å². The van der Waals surface area contributed by atoms with Crippen LogP contribution in [-0.4, -0.2) is 7.11 Å². The summed E-state index contributed by atoms with van der Waals surface area (Å²) in [5, 5.41) is 1.55. The van der Waals surface area contributed by atoms with Crippen LogP contribution in [0.15, 0.2) is 47.8 Å². The Labute approximate surface area is 93.8 Å². The van der Waals surface area contributed by atoms with E-state index in [1.807, 2.05) is 24.3 Å². The monoisotopic (exact) mass is 212 g/mol. The van der Waals surface area contributed by atoms with Gasteiger partial charge >= 0.3 is 0 Å². The molecule has 0 saturated heterocycles. The average Bonchev–Trinajstić information content (AvgIpc) is 2.47. The molecular formula is C14H12O2. The van der Waals surface area contributed by atoms with Gasteiger partial charge in [-0.2, -0.15) is 0 Å². The maximum Gasteiger partial charge on any atom is 0.228 e. The largest absolute Gasteiger partial charge is 0.493 e. The van der Waals surface area contributed by atoms with Crippen molar-refractivity contribution in [2.45, 2.75) is 0 Å². The quantitative estimate of drug-likeness (QED) is 0.765. The van der Waals surface area contributed by atoms with Crippen LogP contribution in [-0.2, 0) is 0 Å². The molecule has 0 heterocycles. The van der Waals surface area contributed by atoms with Crippen molar-refractivity contribution in [1.29, 1.82) is 0 Å². The van der Waals surface area contributed by atoms with E-state index in [1.165, 1.54) is 7.11 Å². The Morgan fingerprint density at radius 3 is 2.44 bits per heavy atom. The van der Waals surface area contributed by atoms with Gasteiger partial charge in [-0.3, -0.25) is 4.79 Å². The molecule has 0 atom stereocenters. The van der Waals surface area contributed by atoms with Crippen LogP contribution in [0.5, 0.6) is 5.75 Å². The third-order valence-corrected chi connectivity index (χ3v) is 2.56. The molecule has 0 aromatic heterocycles. The first-order valence-corrected chi connectivity index (χ1v) is 5.00. The van der Waals surface area contributed by atoms with Crippen molar-refractivity contribution < 1.29 is 4.74 Å². The van der Waals surface area contributed by atoms with Crippen LogP contribution in [0.2, 0.25) is 0 Å². The summed E-state index contributed by atoms with van der Waals surface area (Å²) in [6.45, 7) is 3.75. The molecule has 0 spiro atoms. The average molecular weight is 212 g/mol. The fourth-order valence-electron chi connectivity index (χ4n) is 1.74. The van der Waals surface area contributed by atoms with E-state index >= 15 is 0 Å². The number of ether oxygens (including phenoxy) is 1. The molecule has 0 N–H and O–H groups in total. The molecule has 0 unspecified atom stereocenters. The Kier molecular flexibility index (Phi) is 2.73. The lowest BCUT2D eigenvalue weighted by Gasteiger charge is -1.95. The summed E-state index contributed by atoms with van der Waals surface area (Å²) in [4.78, 5) is 12.1. The molecule has 0 fully saturated rings. The minimum Gasteiger partial charge on any atom is -0.493 e. The summed E-state index contributed by atoms with van der Waals surface area (Å²) in [5.41, 5.74) is 0.835. The van der Waals surface area contributed by atoms with Gasteiger partial charge in [0.15, 0.2) is 5.75 Å². The van der Waals surface area contributed by atoms with Crippen molar-refractivity contribution in [3.8, 4) is 5.75 Å². The standard InChI is InChI=1S/C14H12O2/c1-3-10-8-9-13(16-2)14(15)12-7-5-4-6-11(10)12/h3-9H,1H2,2H3. The molecule has 0 radical (unpaired) electrons. The van der Waals surface area contributed by atoms with E-state index in [0.717, 1.165) is 10.9 Å². The normalized spacial score (nSPS) is 10.1. The molecule has 0 aliphatic carbocycles. The van der Waals surface area contributed by atoms with Crippen LogP contribution < -0.4 is 10.2 Å². The Morgan fingerprint density at radius 1 is 1.12 bits per heavy atom. The van der Waals surface area contributed by atoms with Gasteiger partial charge in [-0.15, -0.1) is 0 Å². The molecule has 2 heteroatoms. The maximum atomic E-state index is 12.1. The summed E-state index contributed by atoms with van der Waals surface area (Å²) in [6.07, 6.45) is 1.74. The van der Waals surface area contributed by atoms with Gasteiger partial charge in [0.25, 0.3) is 0 Å². The lowest BCUT2D eigenvalue weighted by Crippen LogP contribution is -2.01. The summed E-state index contributed by atoms with van der Waals surface area (Å²) in [6, 6.07) is 11.0. The van der Waals surface area contributed by atoms with Gasteiger partial charge in [-0.05, 0) is 17.0 Å². The Bertz CT molecular complexity index is 600. The first-order valence-electron chi connectivity index (χ1n) is 5.00. The molecular weight excluding hydrogens is 200 g/mol. The van der Waals surface area contributed by atoms with E-state index < -0.39 is 0 Å². The SMILES string of the molecule is C=Cc1ccc(OC)c(=O)c2ccccc12. The molecule has 0 aliphatic rings. The van der Waals surface area contributed by atoms with E-state index in [4.69, 9.17) is 4.74 Å². The molecule has 0 aliphatic heterocycles. The fraction of sp³-hybridized carbons (Fsp3) is 0.0714. The van der Waals surface area contributed by atoms with Gasteiger partial charge in [0.1, 0.15) is 0 Å². The first kappa shape index (κ1) is 10.4. The van der Waals surface area contributed by atoms with Crippen molar-refractivity contribution in [1.82, 2.24) is 0 Å². The highest BCUT2D eigenvalue weighted by atomic mass is 16.5. The van der Waals surface area contributed by atoms with E-state index in [0.29, 0.717) is 11.1 Å². The van der Waals surface area contributed by atoms with Crippen LogP contribution in [0.25, 0.3) is 16.8 Å². The molecule has 0 saturated carbocycles. The first-order chi connectivity index (χ1) is 7.77. The highest BCUT2D eigenvalue weighted by Gasteiger charge is 2.04. The molecule has 80 valence electrons. The second-order valence-electron chi connectivity index (χ2n) is 3.44. The maximum absolute atomic E-state index is 12.1. The zero-order valence-corrected chi connectivity index (χ0v) is 9.07. The lowest BCUT2D eigenvalue weighted by atomic mass is 10.1. The summed E-state index contributed by atoms with van der Waals surface area (Å²) in [5.74, 6) is 0.351. The van der Waals surface area contributed by atoms with Crippen molar-refractivity contribution in [2.24, 2.45) is 0 Å². The summed E-state index contributed by atoms with van der Waals surface area (Å²) in [7, 11) is 1.50. The molecule has 2 aromatic rings. The van der Waals surface area contributed by atoms with Crippen LogP contribution in [0, 0.1) is 0 Å². The minimum atomic E-state index is -0.0915. The van der Waals surface area contributed by atoms with Crippen LogP contribution >= 0.6 is 0 Å². The van der Waals surface area contributed by atoms with Crippen molar-refractivity contribution in [3.05, 3.63) is 58.8 Å². The Balaban J connectivity index is 3.03. The smallest absolute Gasteiger partial charge is 0.228 e. The van der Waals surface area contributed by atoms with E-state index in [9.17, 15) is 4.79 Å². The third kappa shape index (κ3) is 1.58. The molecule has 2 nitrogen and oxygen atoms in total. The highest BCUT2D eigenvalue weighted by molar-refractivity contribution is 5.90. The van der Waals surface area contributed by atoms with Gasteiger partial charge in [0.05, 0.1) is 7.11 Å². The summed E-state index contributed by atoms with van der Waals surface area (Å²) >= 11 is 0. The Morgan fingerprint density at radius 2 is 1.81 bits per heavy atom. The topological polar surface area (TPSA) is 26.3 Å². The number of hydrogen-bond donors (Lipinski definition) is 0. The summed E-state index contributed by atoms with van der Waals surface area (Å²) < 4.78 is 5.07. The fourth-order valence-corrected chi connectivity index (χ4v) is 1.74. The van der Waals surface area contributed by atoms with Gasteiger partial charge < -0.3 is 4.74 Å². The van der Waals surface area contributed by atoms with Gasteiger partial charge in [0.2, 0.25) is 5.43 Å². The molecule has 2 rings (SSSR count). The third-order valence-electron chi connectivity index (χ3n) is 2.56. The van der Waals surface area contributed by atoms with Crippen molar-refractivity contribution >= 4 is 16.8 Å². The molecule has 16 heavy (non-hydrogen) atoms. The number of hydrogen-bond acceptors (Lipinski definition) is 2. The molecule has 0 amide bonds. The second-order valence-corrected chi connectivity index (χ2v) is 3.44. The van der Waals surface area contributed by atoms with Crippen LogP contribution in [0.4, 0.5) is 0 Å². The number of rotatable bonds is 2. The predicted octanol–water partition coefficient (Wildman–Crippen LogP) is 2.85. The number of benzene rings is 1. The van der Waals surface area contributed by atoms with E-state index in [-0.39, 0.29) is 5.43 Å². The van der Waals surface area contributed by atoms with Gasteiger partial charge in [-0.25, -0.2) is 0 Å². The van der Waals surface area contributed by atoms with Crippen molar-refractivity contribution in [3.63, 3.8) is 0 Å². The van der Waals surface area contributed by atoms with E-state index in [1.54, 1.807) is 18.2 Å². The predicted molar refractivity (Wildman–Crippen MR) is 66.9 cm³/mol. The lowest BCUT2D eigenvalue weighted by molar-refractivity contribution is 0.412. The molecule has 0 bridgehead atoms.